The summed E-state index contributed by atoms with van der Waals surface area (Å²) in [5, 5.41) is 34.8. The minimum Gasteiger partial charge on any atom is -0.496 e. The Morgan fingerprint density at radius 1 is 0.875 bits per heavy atom. The average molecular weight is 1010 g/mol. The Morgan fingerprint density at radius 2 is 1.61 bits per heavy atom. The summed E-state index contributed by atoms with van der Waals surface area (Å²) in [6.45, 7) is 7.48. The van der Waals surface area contributed by atoms with Crippen LogP contribution in [-0.4, -0.2) is 123 Å². The van der Waals surface area contributed by atoms with Crippen molar-refractivity contribution in [3.05, 3.63) is 71.8 Å². The molecule has 2 fully saturated rings. The van der Waals surface area contributed by atoms with Gasteiger partial charge in [-0.15, -0.1) is 6.58 Å². The Balaban J connectivity index is 1.46. The van der Waals surface area contributed by atoms with Crippen molar-refractivity contribution in [1.29, 1.82) is 0 Å². The van der Waals surface area contributed by atoms with Crippen molar-refractivity contribution in [2.45, 2.75) is 159 Å². The molecule has 0 bridgehead atoms. The fraction of sp³-hybridized carbons (Fsp3) is 0.667. The van der Waals surface area contributed by atoms with Gasteiger partial charge < -0.3 is 53.3 Å². The molecule has 3 N–H and O–H groups in total. The van der Waals surface area contributed by atoms with Crippen LogP contribution in [0.1, 0.15) is 157 Å². The van der Waals surface area contributed by atoms with Crippen LogP contribution in [0.15, 0.2) is 65.9 Å². The Labute approximate surface area is 428 Å². The maximum absolute atomic E-state index is 14.9. The third-order valence-corrected chi connectivity index (χ3v) is 14.7. The fourth-order valence-electron chi connectivity index (χ4n) is 11.2. The van der Waals surface area contributed by atoms with Gasteiger partial charge in [-0.05, 0) is 98.8 Å². The summed E-state index contributed by atoms with van der Waals surface area (Å²) in [6.07, 6.45) is 22.2. The molecule has 0 radical (unpaired) electrons. The summed E-state index contributed by atoms with van der Waals surface area (Å²) in [5.74, 6) is -0.436. The molecule has 0 spiro atoms. The van der Waals surface area contributed by atoms with Crippen LogP contribution in [0.25, 0.3) is 0 Å². The van der Waals surface area contributed by atoms with Crippen LogP contribution in [0.5, 0.6) is 23.0 Å². The van der Waals surface area contributed by atoms with Crippen molar-refractivity contribution in [3.8, 4) is 23.0 Å². The minimum atomic E-state index is -1.52. The zero-order chi connectivity index (χ0) is 51.0. The van der Waals surface area contributed by atoms with Gasteiger partial charge in [-0.1, -0.05) is 94.9 Å². The van der Waals surface area contributed by atoms with Crippen LogP contribution in [-0.2, 0) is 23.8 Å². The SMILES string of the molecule is C=CCO[C@@]12Oc3ccc(Oc4ccc(OC)c(C=O)c4)cc3[C@H]3[C@H](CCCCO)[C@@H](CCCCO)C=C(C(=NOC4CCCCO4)C[C@@H]1N(CCOCCO)C(=O)OCCCCCCCCCCCC)[C@H]32. The number of carbonyl (C=O) groups is 2. The first-order valence-electron chi connectivity index (χ1n) is 27.1. The highest BCUT2D eigenvalue weighted by Gasteiger charge is 2.65. The molecule has 2 aromatic rings. The molecule has 1 amide bonds. The molecule has 4 aliphatic rings. The number of hydrogen-bond donors (Lipinski definition) is 3. The number of nitrogens with zero attached hydrogens (tertiary/aromatic N) is 2. The molecule has 1 saturated heterocycles. The predicted octanol–water partition coefficient (Wildman–Crippen LogP) is 10.8. The van der Waals surface area contributed by atoms with Crippen molar-refractivity contribution in [2.24, 2.45) is 22.9 Å². The molecule has 15 heteroatoms. The maximum Gasteiger partial charge on any atom is 0.410 e. The van der Waals surface area contributed by atoms with E-state index in [-0.39, 0.29) is 77.0 Å². The normalized spacial score (nSPS) is 23.8. The zero-order valence-electron chi connectivity index (χ0n) is 43.2. The van der Waals surface area contributed by atoms with Crippen LogP contribution in [0.2, 0.25) is 0 Å². The Bertz CT molecular complexity index is 2020. The van der Waals surface area contributed by atoms with Crippen LogP contribution in [0.3, 0.4) is 0 Å². The second kappa shape index (κ2) is 30.6. The quantitative estimate of drug-likeness (QED) is 0.0261. The van der Waals surface area contributed by atoms with Crippen LogP contribution >= 0.6 is 0 Å². The van der Waals surface area contributed by atoms with Gasteiger partial charge in [0, 0.05) is 44.1 Å². The highest BCUT2D eigenvalue weighted by molar-refractivity contribution is 6.03. The molecule has 1 unspecified atom stereocenters. The maximum atomic E-state index is 14.9. The molecule has 7 atom stereocenters. The number of fused-ring (bicyclic) bond motifs is 2. The molecule has 2 aromatic carbocycles. The lowest BCUT2D eigenvalue weighted by atomic mass is 9.55. The van der Waals surface area contributed by atoms with E-state index in [4.69, 9.17) is 43.2 Å². The summed E-state index contributed by atoms with van der Waals surface area (Å²) in [4.78, 5) is 34.9. The predicted molar refractivity (Wildman–Crippen MR) is 276 cm³/mol. The lowest BCUT2D eigenvalue weighted by Gasteiger charge is -2.59. The highest BCUT2D eigenvalue weighted by atomic mass is 16.8. The Hall–Kier alpha value is -4.51. The van der Waals surface area contributed by atoms with Crippen LogP contribution < -0.4 is 14.2 Å². The summed E-state index contributed by atoms with van der Waals surface area (Å²) in [6, 6.07) is 9.98. The average Bonchev–Trinajstić information content (AvgIpc) is 3.40. The van der Waals surface area contributed by atoms with Gasteiger partial charge in [-0.25, -0.2) is 4.79 Å². The minimum absolute atomic E-state index is 0.0116. The van der Waals surface area contributed by atoms with E-state index in [9.17, 15) is 24.9 Å². The van der Waals surface area contributed by atoms with Gasteiger partial charge in [0.25, 0.3) is 0 Å². The van der Waals surface area contributed by atoms with E-state index in [2.05, 4.69) is 19.6 Å². The number of ether oxygens (including phenoxy) is 7. The van der Waals surface area contributed by atoms with Gasteiger partial charge in [-0.3, -0.25) is 9.69 Å². The lowest BCUT2D eigenvalue weighted by Crippen LogP contribution is -2.70. The van der Waals surface area contributed by atoms with Gasteiger partial charge in [0.1, 0.15) is 29.0 Å². The number of aliphatic hydroxyl groups excluding tert-OH is 3. The number of allylic oxidation sites excluding steroid dienone is 1. The van der Waals surface area contributed by atoms with Gasteiger partial charge in [0.15, 0.2) is 6.29 Å². The van der Waals surface area contributed by atoms with E-state index in [1.165, 1.54) is 45.6 Å². The molecular weight excluding hydrogens is 921 g/mol. The number of hydrogen-bond acceptors (Lipinski definition) is 14. The largest absolute Gasteiger partial charge is 0.496 e. The van der Waals surface area contributed by atoms with Gasteiger partial charge >= 0.3 is 6.09 Å². The monoisotopic (exact) mass is 1000 g/mol. The molecule has 1 saturated carbocycles. The first-order valence-corrected chi connectivity index (χ1v) is 27.1. The van der Waals surface area contributed by atoms with Crippen molar-refractivity contribution in [3.63, 3.8) is 0 Å². The second-order valence-electron chi connectivity index (χ2n) is 19.6. The van der Waals surface area contributed by atoms with E-state index >= 15 is 0 Å². The lowest BCUT2D eigenvalue weighted by molar-refractivity contribution is -0.256. The highest BCUT2D eigenvalue weighted by Crippen LogP contribution is 2.62. The number of methoxy groups -OCH3 is 1. The number of oxime groups is 1. The number of aliphatic hydroxyl groups is 3. The van der Waals surface area contributed by atoms with Crippen molar-refractivity contribution in [1.82, 2.24) is 4.90 Å². The first-order chi connectivity index (χ1) is 35.4. The van der Waals surface area contributed by atoms with Crippen LogP contribution in [0, 0.1) is 17.8 Å². The molecule has 2 aliphatic heterocycles. The molecule has 6 rings (SSSR count). The van der Waals surface area contributed by atoms with E-state index < -0.39 is 30.1 Å². The van der Waals surface area contributed by atoms with E-state index in [0.29, 0.717) is 60.1 Å². The summed E-state index contributed by atoms with van der Waals surface area (Å²) in [7, 11) is 1.51. The number of rotatable bonds is 34. The molecule has 400 valence electrons. The van der Waals surface area contributed by atoms with Gasteiger partial charge in [0.05, 0.1) is 63.9 Å². The smallest absolute Gasteiger partial charge is 0.410 e. The van der Waals surface area contributed by atoms with Crippen molar-refractivity contribution < 1.29 is 62.9 Å². The van der Waals surface area contributed by atoms with Gasteiger partial charge in [0.2, 0.25) is 12.1 Å². The second-order valence-corrected chi connectivity index (χ2v) is 19.6. The van der Waals surface area contributed by atoms with Gasteiger partial charge in [-0.2, -0.15) is 0 Å². The fourth-order valence-corrected chi connectivity index (χ4v) is 11.2. The topological polar surface area (TPSA) is 184 Å². The standard InChI is InChI=1S/C57H84N2O13/c1-4-6-7-8-9-10-11-12-13-19-34-68-56(64)59(28-35-66-36-31-62)52-40-49(58-72-53-23-16-20-33-67-53)47-38-42(21-14-17-29-60)46(22-15-18-30-61)54-48-39-45(70-44-24-26-50(65-3)43(37-44)41-63)25-27-51(48)71-57(52,55(47)54)69-32-5-2/h5,24-27,37-39,41-42,46,52-55,60-62H,2,4,6-23,28-36,40H2,1,3H3/t42-,46+,52-,53?,54+,55+,57+/m0/s1. The summed E-state index contributed by atoms with van der Waals surface area (Å²) < 4.78 is 44.5. The number of benzene rings is 2. The van der Waals surface area contributed by atoms with E-state index in [1.54, 1.807) is 29.2 Å². The number of carbonyl (C=O) groups excluding carboxylic acids is 2. The third-order valence-electron chi connectivity index (χ3n) is 14.7. The Morgan fingerprint density at radius 3 is 2.31 bits per heavy atom. The Kier molecular flexibility index (Phi) is 24.2. The zero-order valence-corrected chi connectivity index (χ0v) is 43.2. The van der Waals surface area contributed by atoms with Crippen molar-refractivity contribution >= 4 is 18.1 Å². The van der Waals surface area contributed by atoms with E-state index in [0.717, 1.165) is 81.6 Å². The molecular formula is C57H84N2O13. The van der Waals surface area contributed by atoms with E-state index in [1.807, 2.05) is 18.2 Å². The third kappa shape index (κ3) is 15.3. The molecule has 0 aromatic heterocycles. The van der Waals surface area contributed by atoms with Crippen LogP contribution in [0.4, 0.5) is 4.79 Å². The molecule has 15 nitrogen and oxygen atoms in total. The number of aldehydes is 1. The molecule has 72 heavy (non-hydrogen) atoms. The molecule has 2 heterocycles. The number of unbranched alkanes of at least 4 members (excludes halogenated alkanes) is 11. The first kappa shape index (κ1) is 56.8. The molecule has 2 aliphatic carbocycles. The van der Waals surface area contributed by atoms with Crippen molar-refractivity contribution in [2.75, 3.05) is 66.5 Å². The summed E-state index contributed by atoms with van der Waals surface area (Å²) in [5.41, 5.74) is 2.77. The summed E-state index contributed by atoms with van der Waals surface area (Å²) >= 11 is 0. The number of amides is 1.